The number of aromatic nitrogens is 2. The van der Waals surface area contributed by atoms with Gasteiger partial charge >= 0.3 is 0 Å². The number of carbonyl (C=O) groups is 1. The van der Waals surface area contributed by atoms with E-state index >= 15 is 0 Å². The summed E-state index contributed by atoms with van der Waals surface area (Å²) in [5.74, 6) is 2.85. The highest BCUT2D eigenvalue weighted by Gasteiger charge is 2.19. The van der Waals surface area contributed by atoms with Gasteiger partial charge in [0.05, 0.1) is 30.8 Å². The largest absolute Gasteiger partial charge is 0.493 e. The van der Waals surface area contributed by atoms with Gasteiger partial charge in [-0.15, -0.1) is 0 Å². The molecule has 1 amide bonds. The highest BCUT2D eigenvalue weighted by Crippen LogP contribution is 2.26. The number of unbranched alkanes of at least 4 members (excludes halogenated alkanes) is 1. The molecule has 0 radical (unpaired) electrons. The standard InChI is InChI=1S/C30H35N3O4/c1-21-15-16-22(2)28(19-21)37-20-29(34)31-23(3)30-32-24-11-5-6-12-25(24)33(30)17-9-10-18-36-27-14-8-7-13-26(27)35-4/h5-8,11-16,19,23H,9-10,17-18,20H2,1-4H3,(H,31,34). The van der Waals surface area contributed by atoms with E-state index in [1.54, 1.807) is 7.11 Å². The van der Waals surface area contributed by atoms with E-state index < -0.39 is 0 Å². The van der Waals surface area contributed by atoms with Gasteiger partial charge in [0.1, 0.15) is 11.6 Å². The third-order valence-corrected chi connectivity index (χ3v) is 6.25. The van der Waals surface area contributed by atoms with Crippen LogP contribution in [0.4, 0.5) is 0 Å². The number of aryl methyl sites for hydroxylation is 3. The number of methoxy groups -OCH3 is 1. The molecule has 4 aromatic rings. The summed E-state index contributed by atoms with van der Waals surface area (Å²) >= 11 is 0. The van der Waals surface area contributed by atoms with Gasteiger partial charge in [0.25, 0.3) is 5.91 Å². The Labute approximate surface area is 218 Å². The Morgan fingerprint density at radius 2 is 1.70 bits per heavy atom. The summed E-state index contributed by atoms with van der Waals surface area (Å²) in [6.45, 7) is 7.24. The zero-order valence-electron chi connectivity index (χ0n) is 22.0. The monoisotopic (exact) mass is 501 g/mol. The molecule has 7 nitrogen and oxygen atoms in total. The minimum atomic E-state index is -0.271. The number of para-hydroxylation sites is 4. The number of nitrogens with one attached hydrogen (secondary N) is 1. The second-order valence-corrected chi connectivity index (χ2v) is 9.16. The van der Waals surface area contributed by atoms with Crippen molar-refractivity contribution in [3.63, 3.8) is 0 Å². The summed E-state index contributed by atoms with van der Waals surface area (Å²) < 4.78 is 19.3. The zero-order chi connectivity index (χ0) is 26.2. The second kappa shape index (κ2) is 12.3. The number of carbonyl (C=O) groups excluding carboxylic acids is 1. The van der Waals surface area contributed by atoms with Crippen LogP contribution in [0.1, 0.15) is 42.8 Å². The molecule has 0 fully saturated rings. The van der Waals surface area contributed by atoms with E-state index in [-0.39, 0.29) is 18.6 Å². The Bertz CT molecular complexity index is 1350. The van der Waals surface area contributed by atoms with E-state index in [0.29, 0.717) is 6.61 Å². The number of amides is 1. The molecule has 1 unspecified atom stereocenters. The summed E-state index contributed by atoms with van der Waals surface area (Å²) in [5.41, 5.74) is 4.06. The van der Waals surface area contributed by atoms with Crippen LogP contribution in [0.3, 0.4) is 0 Å². The van der Waals surface area contributed by atoms with Gasteiger partial charge in [0, 0.05) is 6.54 Å². The lowest BCUT2D eigenvalue weighted by atomic mass is 10.1. The number of hydrogen-bond acceptors (Lipinski definition) is 5. The summed E-state index contributed by atoms with van der Waals surface area (Å²) in [7, 11) is 1.64. The molecule has 0 aliphatic carbocycles. The maximum absolute atomic E-state index is 12.7. The molecule has 3 aromatic carbocycles. The quantitative estimate of drug-likeness (QED) is 0.249. The van der Waals surface area contributed by atoms with Gasteiger partial charge in [-0.3, -0.25) is 4.79 Å². The average Bonchev–Trinajstić information content (AvgIpc) is 3.28. The van der Waals surface area contributed by atoms with Crippen LogP contribution in [0.15, 0.2) is 66.7 Å². The zero-order valence-corrected chi connectivity index (χ0v) is 22.0. The van der Waals surface area contributed by atoms with Gasteiger partial charge in [-0.25, -0.2) is 4.98 Å². The predicted octanol–water partition coefficient (Wildman–Crippen LogP) is 5.78. The fourth-order valence-corrected chi connectivity index (χ4v) is 4.31. The van der Waals surface area contributed by atoms with Gasteiger partial charge in [-0.05, 0) is 75.1 Å². The maximum Gasteiger partial charge on any atom is 0.258 e. The maximum atomic E-state index is 12.7. The van der Waals surface area contributed by atoms with E-state index in [2.05, 4.69) is 16.0 Å². The first-order valence-corrected chi connectivity index (χ1v) is 12.7. The second-order valence-electron chi connectivity index (χ2n) is 9.16. The lowest BCUT2D eigenvalue weighted by Gasteiger charge is -2.17. The number of ether oxygens (including phenoxy) is 3. The van der Waals surface area contributed by atoms with Crippen molar-refractivity contribution in [3.8, 4) is 17.2 Å². The van der Waals surface area contributed by atoms with E-state index in [4.69, 9.17) is 19.2 Å². The average molecular weight is 502 g/mol. The van der Waals surface area contributed by atoms with Crippen molar-refractivity contribution < 1.29 is 19.0 Å². The molecule has 0 aliphatic heterocycles. The van der Waals surface area contributed by atoms with Gasteiger partial charge < -0.3 is 24.1 Å². The molecule has 7 heteroatoms. The fourth-order valence-electron chi connectivity index (χ4n) is 4.31. The van der Waals surface area contributed by atoms with Gasteiger partial charge in [-0.1, -0.05) is 36.4 Å². The Balaban J connectivity index is 1.36. The molecule has 1 atom stereocenters. The Morgan fingerprint density at radius 1 is 0.946 bits per heavy atom. The lowest BCUT2D eigenvalue weighted by molar-refractivity contribution is -0.123. The molecule has 1 heterocycles. The van der Waals surface area contributed by atoms with Gasteiger partial charge in [0.2, 0.25) is 0 Å². The van der Waals surface area contributed by atoms with Crippen molar-refractivity contribution in [1.82, 2.24) is 14.9 Å². The summed E-state index contributed by atoms with van der Waals surface area (Å²) in [6.07, 6.45) is 1.77. The summed E-state index contributed by atoms with van der Waals surface area (Å²) in [6, 6.07) is 21.4. The van der Waals surface area contributed by atoms with Crippen LogP contribution < -0.4 is 19.5 Å². The molecule has 1 N–H and O–H groups in total. The number of imidazole rings is 1. The highest BCUT2D eigenvalue weighted by atomic mass is 16.5. The summed E-state index contributed by atoms with van der Waals surface area (Å²) in [4.78, 5) is 17.5. The van der Waals surface area contributed by atoms with Crippen molar-refractivity contribution in [2.45, 2.75) is 46.2 Å². The first-order valence-electron chi connectivity index (χ1n) is 12.7. The van der Waals surface area contributed by atoms with E-state index in [0.717, 1.165) is 64.6 Å². The predicted molar refractivity (Wildman–Crippen MR) is 145 cm³/mol. The van der Waals surface area contributed by atoms with Crippen LogP contribution in [-0.2, 0) is 11.3 Å². The third kappa shape index (κ3) is 6.61. The number of benzene rings is 3. The number of rotatable bonds is 12. The summed E-state index contributed by atoms with van der Waals surface area (Å²) in [5, 5.41) is 3.05. The smallest absolute Gasteiger partial charge is 0.258 e. The molecule has 0 spiro atoms. The normalized spacial score (nSPS) is 11.8. The fraction of sp³-hybridized carbons (Fsp3) is 0.333. The van der Waals surface area contributed by atoms with E-state index in [9.17, 15) is 4.79 Å². The minimum Gasteiger partial charge on any atom is -0.493 e. The molecule has 0 saturated heterocycles. The number of fused-ring (bicyclic) bond motifs is 1. The Kier molecular flexibility index (Phi) is 8.67. The third-order valence-electron chi connectivity index (χ3n) is 6.25. The first-order chi connectivity index (χ1) is 18.0. The minimum absolute atomic E-state index is 0.0465. The van der Waals surface area contributed by atoms with Crippen molar-refractivity contribution in [2.75, 3.05) is 20.3 Å². The molecular weight excluding hydrogens is 466 g/mol. The Morgan fingerprint density at radius 3 is 2.51 bits per heavy atom. The van der Waals surface area contributed by atoms with Crippen molar-refractivity contribution in [2.24, 2.45) is 0 Å². The number of hydrogen-bond donors (Lipinski definition) is 1. The molecule has 1 aromatic heterocycles. The van der Waals surface area contributed by atoms with Crippen molar-refractivity contribution >= 4 is 16.9 Å². The molecule has 194 valence electrons. The first kappa shape index (κ1) is 26.1. The van der Waals surface area contributed by atoms with Crippen molar-refractivity contribution in [3.05, 3.63) is 83.7 Å². The van der Waals surface area contributed by atoms with Crippen LogP contribution in [0.2, 0.25) is 0 Å². The van der Waals surface area contributed by atoms with E-state index in [1.807, 2.05) is 81.4 Å². The molecule has 0 saturated carbocycles. The van der Waals surface area contributed by atoms with Crippen LogP contribution >= 0.6 is 0 Å². The number of nitrogens with zero attached hydrogens (tertiary/aromatic N) is 2. The molecule has 37 heavy (non-hydrogen) atoms. The van der Waals surface area contributed by atoms with Crippen molar-refractivity contribution in [1.29, 1.82) is 0 Å². The van der Waals surface area contributed by atoms with Crippen LogP contribution in [0.5, 0.6) is 17.2 Å². The van der Waals surface area contributed by atoms with E-state index in [1.165, 1.54) is 0 Å². The topological polar surface area (TPSA) is 74.6 Å². The van der Waals surface area contributed by atoms with Gasteiger partial charge in [-0.2, -0.15) is 0 Å². The van der Waals surface area contributed by atoms with Gasteiger partial charge in [0.15, 0.2) is 18.1 Å². The molecular formula is C30H35N3O4. The van der Waals surface area contributed by atoms with Crippen LogP contribution in [0.25, 0.3) is 11.0 Å². The molecule has 0 aliphatic rings. The highest BCUT2D eigenvalue weighted by molar-refractivity contribution is 5.79. The lowest BCUT2D eigenvalue weighted by Crippen LogP contribution is -2.32. The van der Waals surface area contributed by atoms with Crippen LogP contribution in [0, 0.1) is 13.8 Å². The molecule has 0 bridgehead atoms. The molecule has 4 rings (SSSR count). The SMILES string of the molecule is COc1ccccc1OCCCCn1c(C(C)NC(=O)COc2cc(C)ccc2C)nc2ccccc21. The van der Waals surface area contributed by atoms with Crippen LogP contribution in [-0.4, -0.2) is 35.8 Å². The Hall–Kier alpha value is -4.00.